The summed E-state index contributed by atoms with van der Waals surface area (Å²) in [7, 11) is 0. The number of carbonyl (C=O) groups excluding carboxylic acids is 1. The summed E-state index contributed by atoms with van der Waals surface area (Å²) in [4.78, 5) is 15.6. The molecule has 0 aromatic carbocycles. The summed E-state index contributed by atoms with van der Waals surface area (Å²) in [5.74, 6) is -0.0675. The number of rotatable bonds is 8. The van der Waals surface area contributed by atoms with E-state index in [2.05, 4.69) is 11.9 Å². The molecule has 0 unspecified atom stereocenters. The Morgan fingerprint density at radius 3 is 2.65 bits per heavy atom. The highest BCUT2D eigenvalue weighted by Gasteiger charge is 2.11. The number of aromatic nitrogens is 1. The van der Waals surface area contributed by atoms with E-state index < -0.39 is 0 Å². The largest absolute Gasteiger partial charge is 0.506 e. The third kappa shape index (κ3) is 4.98. The van der Waals surface area contributed by atoms with Crippen molar-refractivity contribution in [2.75, 3.05) is 0 Å². The quantitative estimate of drug-likeness (QED) is 0.552. The maximum atomic E-state index is 11.7. The average Bonchev–Trinajstić information content (AvgIpc) is 2.34. The molecule has 0 fully saturated rings. The Hall–Kier alpha value is -1.38. The monoisotopic (exact) mass is 235 g/mol. The van der Waals surface area contributed by atoms with E-state index in [1.165, 1.54) is 37.9 Å². The van der Waals surface area contributed by atoms with Crippen molar-refractivity contribution in [3.8, 4) is 5.75 Å². The zero-order valence-electron chi connectivity index (χ0n) is 10.5. The molecule has 0 aliphatic rings. The second-order valence-corrected chi connectivity index (χ2v) is 4.31. The zero-order valence-corrected chi connectivity index (χ0v) is 10.5. The predicted molar refractivity (Wildman–Crippen MR) is 68.2 cm³/mol. The number of unbranched alkanes of at least 4 members (excludes halogenated alkanes) is 5. The number of pyridine rings is 1. The van der Waals surface area contributed by atoms with Crippen LogP contribution in [0, 0.1) is 0 Å². The molecule has 0 atom stereocenters. The van der Waals surface area contributed by atoms with Gasteiger partial charge in [0.1, 0.15) is 11.4 Å². The lowest BCUT2D eigenvalue weighted by molar-refractivity contribution is 0.0971. The van der Waals surface area contributed by atoms with Crippen LogP contribution in [-0.2, 0) is 0 Å². The summed E-state index contributed by atoms with van der Waals surface area (Å²) in [6, 6.07) is 3.12. The molecule has 3 nitrogen and oxygen atoms in total. The van der Waals surface area contributed by atoms with Crippen molar-refractivity contribution in [3.05, 3.63) is 24.0 Å². The van der Waals surface area contributed by atoms with Crippen LogP contribution in [0.5, 0.6) is 5.75 Å². The molecular formula is C14H21NO2. The van der Waals surface area contributed by atoms with Crippen molar-refractivity contribution >= 4 is 5.78 Å². The Bertz CT molecular complexity index is 350. The van der Waals surface area contributed by atoms with Gasteiger partial charge in [0, 0.05) is 12.6 Å². The fourth-order valence-electron chi connectivity index (χ4n) is 1.80. The lowest BCUT2D eigenvalue weighted by Crippen LogP contribution is -2.02. The van der Waals surface area contributed by atoms with Crippen molar-refractivity contribution in [1.29, 1.82) is 0 Å². The minimum atomic E-state index is -0.0569. The third-order valence-corrected chi connectivity index (χ3v) is 2.81. The van der Waals surface area contributed by atoms with E-state index in [0.717, 1.165) is 12.8 Å². The van der Waals surface area contributed by atoms with Crippen LogP contribution < -0.4 is 0 Å². The van der Waals surface area contributed by atoms with Crippen LogP contribution in [0.1, 0.15) is 62.4 Å². The summed E-state index contributed by atoms with van der Waals surface area (Å²) < 4.78 is 0. The normalized spacial score (nSPS) is 10.4. The number of hydrogen-bond donors (Lipinski definition) is 1. The molecule has 0 aliphatic heterocycles. The van der Waals surface area contributed by atoms with Gasteiger partial charge in [-0.3, -0.25) is 4.79 Å². The number of ketones is 1. The van der Waals surface area contributed by atoms with Crippen molar-refractivity contribution in [3.63, 3.8) is 0 Å². The molecule has 0 bridgehead atoms. The molecule has 1 heterocycles. The summed E-state index contributed by atoms with van der Waals surface area (Å²) in [5, 5.41) is 9.47. The predicted octanol–water partition coefficient (Wildman–Crippen LogP) is 3.72. The second kappa shape index (κ2) is 7.82. The van der Waals surface area contributed by atoms with Crippen LogP contribution in [-0.4, -0.2) is 15.9 Å². The zero-order chi connectivity index (χ0) is 12.5. The van der Waals surface area contributed by atoms with Crippen LogP contribution in [0.4, 0.5) is 0 Å². The summed E-state index contributed by atoms with van der Waals surface area (Å²) >= 11 is 0. The van der Waals surface area contributed by atoms with E-state index in [9.17, 15) is 9.90 Å². The van der Waals surface area contributed by atoms with Gasteiger partial charge in [0.2, 0.25) is 0 Å². The van der Waals surface area contributed by atoms with E-state index >= 15 is 0 Å². The molecule has 0 saturated carbocycles. The van der Waals surface area contributed by atoms with Gasteiger partial charge in [0.15, 0.2) is 5.78 Å². The van der Waals surface area contributed by atoms with Gasteiger partial charge in [0.25, 0.3) is 0 Å². The van der Waals surface area contributed by atoms with E-state index in [-0.39, 0.29) is 17.2 Å². The smallest absolute Gasteiger partial charge is 0.184 e. The minimum Gasteiger partial charge on any atom is -0.506 e. The van der Waals surface area contributed by atoms with Gasteiger partial charge in [-0.1, -0.05) is 39.0 Å². The molecule has 0 spiro atoms. The van der Waals surface area contributed by atoms with Crippen molar-refractivity contribution in [2.45, 2.75) is 51.9 Å². The van der Waals surface area contributed by atoms with Crippen molar-refractivity contribution in [2.24, 2.45) is 0 Å². The SMILES string of the molecule is CCCCCCCCC(=O)c1ncccc1O. The summed E-state index contributed by atoms with van der Waals surface area (Å²) in [6.45, 7) is 2.19. The molecular weight excluding hydrogens is 214 g/mol. The van der Waals surface area contributed by atoms with Gasteiger partial charge in [-0.05, 0) is 18.6 Å². The molecule has 94 valence electrons. The topological polar surface area (TPSA) is 50.2 Å². The molecule has 3 heteroatoms. The summed E-state index contributed by atoms with van der Waals surface area (Å²) in [6.07, 6.45) is 8.94. The Balaban J connectivity index is 2.24. The van der Waals surface area contributed by atoms with Crippen molar-refractivity contribution in [1.82, 2.24) is 4.98 Å². The molecule has 17 heavy (non-hydrogen) atoms. The van der Waals surface area contributed by atoms with Crippen LogP contribution >= 0.6 is 0 Å². The highest BCUT2D eigenvalue weighted by atomic mass is 16.3. The first-order chi connectivity index (χ1) is 8.25. The molecule has 0 saturated heterocycles. The van der Waals surface area contributed by atoms with Gasteiger partial charge in [-0.15, -0.1) is 0 Å². The number of carbonyl (C=O) groups is 1. The Labute approximate surface area is 103 Å². The van der Waals surface area contributed by atoms with Crippen molar-refractivity contribution < 1.29 is 9.90 Å². The highest BCUT2D eigenvalue weighted by Crippen LogP contribution is 2.16. The third-order valence-electron chi connectivity index (χ3n) is 2.81. The maximum absolute atomic E-state index is 11.7. The van der Waals surface area contributed by atoms with E-state index in [1.807, 2.05) is 0 Å². The lowest BCUT2D eigenvalue weighted by Gasteiger charge is -2.02. The standard InChI is InChI=1S/C14H21NO2/c1-2-3-4-5-6-7-9-12(16)14-13(17)10-8-11-15-14/h8,10-11,17H,2-7,9H2,1H3. The second-order valence-electron chi connectivity index (χ2n) is 4.31. The van der Waals surface area contributed by atoms with Gasteiger partial charge < -0.3 is 5.11 Å². The molecule has 0 radical (unpaired) electrons. The lowest BCUT2D eigenvalue weighted by atomic mass is 10.1. The van der Waals surface area contributed by atoms with Gasteiger partial charge in [-0.25, -0.2) is 4.98 Å². The molecule has 1 aromatic rings. The molecule has 1 aromatic heterocycles. The van der Waals surface area contributed by atoms with Crippen LogP contribution in [0.25, 0.3) is 0 Å². The Kier molecular flexibility index (Phi) is 6.30. The van der Waals surface area contributed by atoms with Gasteiger partial charge in [0.05, 0.1) is 0 Å². The van der Waals surface area contributed by atoms with E-state index in [1.54, 1.807) is 6.07 Å². The number of hydrogen-bond acceptors (Lipinski definition) is 3. The first-order valence-electron chi connectivity index (χ1n) is 6.43. The molecule has 0 aliphatic carbocycles. The fraction of sp³-hybridized carbons (Fsp3) is 0.571. The highest BCUT2D eigenvalue weighted by molar-refractivity contribution is 5.96. The molecule has 0 amide bonds. The Morgan fingerprint density at radius 1 is 1.24 bits per heavy atom. The summed E-state index contributed by atoms with van der Waals surface area (Å²) in [5.41, 5.74) is 0.209. The molecule has 1 rings (SSSR count). The van der Waals surface area contributed by atoms with Gasteiger partial charge >= 0.3 is 0 Å². The number of Topliss-reactive ketones (excluding diaryl/α,β-unsaturated/α-hetero) is 1. The van der Waals surface area contributed by atoms with Gasteiger partial charge in [-0.2, -0.15) is 0 Å². The Morgan fingerprint density at radius 2 is 1.94 bits per heavy atom. The average molecular weight is 235 g/mol. The van der Waals surface area contributed by atoms with E-state index in [4.69, 9.17) is 0 Å². The fourth-order valence-corrected chi connectivity index (χ4v) is 1.80. The number of aromatic hydroxyl groups is 1. The van der Waals surface area contributed by atoms with E-state index in [0.29, 0.717) is 6.42 Å². The molecule has 1 N–H and O–H groups in total. The van der Waals surface area contributed by atoms with Crippen LogP contribution in [0.2, 0.25) is 0 Å². The van der Waals surface area contributed by atoms with Crippen LogP contribution in [0.3, 0.4) is 0 Å². The van der Waals surface area contributed by atoms with Crippen LogP contribution in [0.15, 0.2) is 18.3 Å². The number of nitrogens with zero attached hydrogens (tertiary/aromatic N) is 1. The maximum Gasteiger partial charge on any atom is 0.184 e. The first-order valence-corrected chi connectivity index (χ1v) is 6.43. The first kappa shape index (κ1) is 13.7. The minimum absolute atomic E-state index is 0.0107.